The molecule has 1 aromatic carbocycles. The molecule has 1 aromatic heterocycles. The van der Waals surface area contributed by atoms with Crippen molar-refractivity contribution >= 4 is 0 Å². The Morgan fingerprint density at radius 2 is 1.77 bits per heavy atom. The first-order chi connectivity index (χ1) is 15.3. The van der Waals surface area contributed by atoms with Gasteiger partial charge in [0.1, 0.15) is 0 Å². The van der Waals surface area contributed by atoms with Crippen molar-refractivity contribution in [3.8, 4) is 0 Å². The molecule has 2 N–H and O–H groups in total. The molecule has 1 fully saturated rings. The van der Waals surface area contributed by atoms with Gasteiger partial charge in [-0.2, -0.15) is 0 Å². The Hall–Kier alpha value is -2.57. The lowest BCUT2D eigenvalue weighted by atomic mass is 9.98. The van der Waals surface area contributed by atoms with Crippen LogP contribution in [0, 0.1) is 0 Å². The van der Waals surface area contributed by atoms with Gasteiger partial charge in [0, 0.05) is 37.4 Å². The molecular formula is C25H33N5O. The number of aromatic nitrogens is 2. The fraction of sp³-hybridized carbons (Fsp3) is 0.480. The van der Waals surface area contributed by atoms with Gasteiger partial charge in [-0.05, 0) is 69.0 Å². The Balaban J connectivity index is 1.27. The van der Waals surface area contributed by atoms with Crippen LogP contribution >= 0.6 is 0 Å². The van der Waals surface area contributed by atoms with Crippen LogP contribution < -0.4 is 10.9 Å². The highest BCUT2D eigenvalue weighted by Crippen LogP contribution is 2.26. The Labute approximate surface area is 184 Å². The van der Waals surface area contributed by atoms with Gasteiger partial charge in [0.05, 0.1) is 0 Å². The first-order valence-electron chi connectivity index (χ1n) is 11.7. The number of nitrogens with zero attached hydrogens (tertiary/aromatic N) is 3. The monoisotopic (exact) mass is 419 g/mol. The molecule has 0 amide bonds. The van der Waals surface area contributed by atoms with Crippen molar-refractivity contribution in [1.82, 2.24) is 24.9 Å². The third-order valence-corrected chi connectivity index (χ3v) is 6.99. The van der Waals surface area contributed by atoms with Gasteiger partial charge < -0.3 is 10.2 Å². The lowest BCUT2D eigenvalue weighted by Crippen LogP contribution is -2.65. The summed E-state index contributed by atoms with van der Waals surface area (Å²) < 4.78 is 1.84. The second-order valence-corrected chi connectivity index (χ2v) is 8.92. The highest BCUT2D eigenvalue weighted by molar-refractivity contribution is 5.24. The Bertz CT molecular complexity index is 997. The minimum absolute atomic E-state index is 0.132. The quantitative estimate of drug-likeness (QED) is 0.756. The molecule has 3 heterocycles. The number of fused-ring (bicyclic) bond motifs is 1. The van der Waals surface area contributed by atoms with E-state index in [9.17, 15) is 4.79 Å². The van der Waals surface area contributed by atoms with Crippen LogP contribution in [0.25, 0.3) is 0 Å². The number of aryl methyl sites for hydroxylation is 2. The minimum atomic E-state index is -0.640. The van der Waals surface area contributed by atoms with Crippen molar-refractivity contribution in [2.75, 3.05) is 32.7 Å². The molecule has 1 saturated heterocycles. The highest BCUT2D eigenvalue weighted by Gasteiger charge is 2.41. The van der Waals surface area contributed by atoms with Crippen LogP contribution in [0.5, 0.6) is 0 Å². The Kier molecular flexibility index (Phi) is 5.83. The zero-order valence-corrected chi connectivity index (χ0v) is 18.2. The summed E-state index contributed by atoms with van der Waals surface area (Å²) in [4.78, 5) is 18.3. The van der Waals surface area contributed by atoms with Crippen LogP contribution in [0.2, 0.25) is 0 Å². The summed E-state index contributed by atoms with van der Waals surface area (Å²) in [5.41, 5.74) is 3.65. The largest absolute Gasteiger partial charge is 0.352 e. The molecule has 1 unspecified atom stereocenters. The van der Waals surface area contributed by atoms with Crippen molar-refractivity contribution in [3.63, 3.8) is 0 Å². The van der Waals surface area contributed by atoms with Crippen molar-refractivity contribution in [1.29, 1.82) is 0 Å². The molecule has 0 spiro atoms. The van der Waals surface area contributed by atoms with E-state index in [1.165, 1.54) is 12.0 Å². The van der Waals surface area contributed by atoms with Crippen molar-refractivity contribution in [2.45, 2.75) is 44.3 Å². The van der Waals surface area contributed by atoms with Gasteiger partial charge in [0.15, 0.2) is 0 Å². The van der Waals surface area contributed by atoms with Crippen LogP contribution in [-0.2, 0) is 25.0 Å². The van der Waals surface area contributed by atoms with Crippen molar-refractivity contribution < 1.29 is 0 Å². The SMILES string of the molecule is O=c1c2c([nH]n1C1(N3CCN(CCCc4ccccc4)CC3)C=CC=CN1)CCCC2. The number of allylic oxidation sites excluding steroid dienone is 2. The summed E-state index contributed by atoms with van der Waals surface area (Å²) in [5.74, 6) is -0.640. The van der Waals surface area contributed by atoms with Crippen LogP contribution in [0.15, 0.2) is 59.6 Å². The average Bonchev–Trinajstić information content (AvgIpc) is 3.18. The lowest BCUT2D eigenvalue weighted by Gasteiger charge is -2.46. The second kappa shape index (κ2) is 8.89. The predicted molar refractivity (Wildman–Crippen MR) is 124 cm³/mol. The molecule has 2 aromatic rings. The maximum atomic E-state index is 13.3. The van der Waals surface area contributed by atoms with Gasteiger partial charge in [-0.3, -0.25) is 14.8 Å². The second-order valence-electron chi connectivity index (χ2n) is 8.92. The molecule has 3 aliphatic rings. The molecule has 164 valence electrons. The maximum Gasteiger partial charge on any atom is 0.273 e. The predicted octanol–water partition coefficient (Wildman–Crippen LogP) is 2.59. The van der Waals surface area contributed by atoms with E-state index in [4.69, 9.17) is 0 Å². The molecule has 0 radical (unpaired) electrons. The summed E-state index contributed by atoms with van der Waals surface area (Å²) in [7, 11) is 0. The molecule has 6 nitrogen and oxygen atoms in total. The summed E-state index contributed by atoms with van der Waals surface area (Å²) >= 11 is 0. The topological polar surface area (TPSA) is 56.3 Å². The fourth-order valence-corrected chi connectivity index (χ4v) is 5.23. The molecular weight excluding hydrogens is 386 g/mol. The summed E-state index contributed by atoms with van der Waals surface area (Å²) in [6, 6.07) is 10.7. The molecule has 1 aliphatic carbocycles. The molecule has 6 heteroatoms. The van der Waals surface area contributed by atoms with Gasteiger partial charge in [0.25, 0.3) is 5.56 Å². The number of H-pyrrole nitrogens is 1. The zero-order valence-electron chi connectivity index (χ0n) is 18.2. The lowest BCUT2D eigenvalue weighted by molar-refractivity contribution is -0.0123. The van der Waals surface area contributed by atoms with Crippen LogP contribution in [0.4, 0.5) is 0 Å². The number of hydrogen-bond acceptors (Lipinski definition) is 4. The van der Waals surface area contributed by atoms with E-state index in [2.05, 4.69) is 62.7 Å². The number of aromatic amines is 1. The van der Waals surface area contributed by atoms with E-state index in [0.717, 1.165) is 76.1 Å². The third kappa shape index (κ3) is 4.02. The summed E-state index contributed by atoms with van der Waals surface area (Å²) in [6.07, 6.45) is 14.6. The van der Waals surface area contributed by atoms with Gasteiger partial charge in [-0.25, -0.2) is 4.68 Å². The maximum absolute atomic E-state index is 13.3. The molecule has 31 heavy (non-hydrogen) atoms. The Morgan fingerprint density at radius 1 is 0.968 bits per heavy atom. The van der Waals surface area contributed by atoms with Crippen LogP contribution in [-0.4, -0.2) is 52.3 Å². The van der Waals surface area contributed by atoms with E-state index >= 15 is 0 Å². The molecule has 5 rings (SSSR count). The first-order valence-corrected chi connectivity index (χ1v) is 11.7. The highest BCUT2D eigenvalue weighted by atomic mass is 16.1. The molecule has 2 aliphatic heterocycles. The van der Waals surface area contributed by atoms with E-state index in [1.54, 1.807) is 0 Å². The van der Waals surface area contributed by atoms with Crippen LogP contribution in [0.1, 0.15) is 36.1 Å². The smallest absolute Gasteiger partial charge is 0.273 e. The van der Waals surface area contributed by atoms with Gasteiger partial charge in [-0.15, -0.1) is 0 Å². The molecule has 0 bridgehead atoms. The number of rotatable bonds is 6. The average molecular weight is 420 g/mol. The van der Waals surface area contributed by atoms with E-state index in [1.807, 2.05) is 17.0 Å². The van der Waals surface area contributed by atoms with E-state index < -0.39 is 5.79 Å². The number of hydrogen-bond donors (Lipinski definition) is 2. The van der Waals surface area contributed by atoms with Gasteiger partial charge in [-0.1, -0.05) is 36.4 Å². The standard InChI is InChI=1S/C25H33N5O/c31-24-22-12-4-5-13-23(22)27-30(24)25(14-6-7-15-26-25)29-19-17-28(18-20-29)16-8-11-21-9-2-1-3-10-21/h1-3,6-7,9-10,14-15,26-27H,4-5,8,11-13,16-20H2. The van der Waals surface area contributed by atoms with Crippen molar-refractivity contribution in [3.05, 3.63) is 81.9 Å². The Morgan fingerprint density at radius 3 is 2.52 bits per heavy atom. The van der Waals surface area contributed by atoms with Crippen LogP contribution in [0.3, 0.4) is 0 Å². The summed E-state index contributed by atoms with van der Waals surface area (Å²) in [5, 5.41) is 6.99. The molecule has 1 atom stereocenters. The minimum Gasteiger partial charge on any atom is -0.352 e. The number of dihydropyridines is 1. The van der Waals surface area contributed by atoms with Gasteiger partial charge >= 0.3 is 0 Å². The normalized spacial score (nSPS) is 24.1. The third-order valence-electron chi connectivity index (χ3n) is 6.99. The van der Waals surface area contributed by atoms with E-state index in [-0.39, 0.29) is 5.56 Å². The fourth-order valence-electron chi connectivity index (χ4n) is 5.23. The number of benzene rings is 1. The number of piperazine rings is 1. The summed E-state index contributed by atoms with van der Waals surface area (Å²) in [6.45, 7) is 5.00. The number of nitrogens with one attached hydrogen (secondary N) is 2. The van der Waals surface area contributed by atoms with E-state index in [0.29, 0.717) is 0 Å². The molecule has 0 saturated carbocycles. The van der Waals surface area contributed by atoms with Crippen molar-refractivity contribution in [2.24, 2.45) is 0 Å². The zero-order chi connectivity index (χ0) is 21.1. The first kappa shape index (κ1) is 20.3. The van der Waals surface area contributed by atoms with Gasteiger partial charge in [0.2, 0.25) is 5.79 Å².